The minimum Gasteiger partial charge on any atom is -0.459 e. The molecule has 0 bridgehead atoms. The lowest BCUT2D eigenvalue weighted by Crippen LogP contribution is -2.53. The van der Waals surface area contributed by atoms with Crippen LogP contribution in [0.1, 0.15) is 32.0 Å². The number of halogens is 3. The Morgan fingerprint density at radius 3 is 2.24 bits per heavy atom. The van der Waals surface area contributed by atoms with Crippen LogP contribution in [0.3, 0.4) is 0 Å². The summed E-state index contributed by atoms with van der Waals surface area (Å²) in [6.07, 6.45) is -3.31. The Hall–Kier alpha value is -5.11. The largest absolute Gasteiger partial charge is 0.459 e. The molecule has 0 aliphatic heterocycles. The third-order valence-corrected chi connectivity index (χ3v) is 7.18. The fraction of sp³-hybridized carbons (Fsp3) is 0.107. The van der Waals surface area contributed by atoms with E-state index in [1.54, 1.807) is 30.3 Å². The molecule has 218 valence electrons. The van der Waals surface area contributed by atoms with Gasteiger partial charge in [-0.3, -0.25) is 30.0 Å². The van der Waals surface area contributed by atoms with Crippen molar-refractivity contribution in [1.82, 2.24) is 16.2 Å². The smallest absolute Gasteiger partial charge is 0.416 e. The topological polar surface area (TPSA) is 147 Å². The Kier molecular flexibility index (Phi) is 8.96. The summed E-state index contributed by atoms with van der Waals surface area (Å²) in [6, 6.07) is 18.9. The first kappa shape index (κ1) is 29.9. The van der Waals surface area contributed by atoms with Crippen LogP contribution in [-0.4, -0.2) is 32.2 Å². The van der Waals surface area contributed by atoms with Crippen molar-refractivity contribution in [3.8, 4) is 0 Å². The zero-order valence-electron chi connectivity index (χ0n) is 21.5. The second-order valence-corrected chi connectivity index (χ2v) is 10.5. The van der Waals surface area contributed by atoms with Crippen LogP contribution in [0.25, 0.3) is 0 Å². The van der Waals surface area contributed by atoms with E-state index in [2.05, 4.69) is 20.9 Å². The number of nitrogens with one attached hydrogen (secondary N) is 4. The van der Waals surface area contributed by atoms with Crippen molar-refractivity contribution in [2.24, 2.45) is 0 Å². The minimum absolute atomic E-state index is 0.0262. The highest BCUT2D eigenvalue weighted by Crippen LogP contribution is 2.31. The maximum Gasteiger partial charge on any atom is 0.416 e. The van der Waals surface area contributed by atoms with Crippen molar-refractivity contribution in [3.63, 3.8) is 0 Å². The lowest BCUT2D eigenvalue weighted by molar-refractivity contribution is -0.137. The molecule has 1 heterocycles. The number of anilines is 1. The number of sulfonamides is 1. The molecule has 0 radical (unpaired) electrons. The van der Waals surface area contributed by atoms with Crippen molar-refractivity contribution in [2.75, 3.05) is 4.72 Å². The Morgan fingerprint density at radius 2 is 1.55 bits per heavy atom. The molecule has 0 fully saturated rings. The molecule has 0 aliphatic rings. The Balaban J connectivity index is 1.44. The molecule has 0 unspecified atom stereocenters. The molecule has 42 heavy (non-hydrogen) atoms. The number of rotatable bonds is 9. The van der Waals surface area contributed by atoms with Crippen molar-refractivity contribution in [3.05, 3.63) is 120 Å². The molecule has 1 atom stereocenters. The van der Waals surface area contributed by atoms with Crippen LogP contribution >= 0.6 is 0 Å². The minimum atomic E-state index is -4.68. The van der Waals surface area contributed by atoms with E-state index >= 15 is 0 Å². The van der Waals surface area contributed by atoms with Gasteiger partial charge in [0.2, 0.25) is 0 Å². The normalized spacial score (nSPS) is 12.2. The third-order valence-electron chi connectivity index (χ3n) is 5.80. The highest BCUT2D eigenvalue weighted by Gasteiger charge is 2.31. The van der Waals surface area contributed by atoms with Crippen LogP contribution in [0.15, 0.2) is 107 Å². The van der Waals surface area contributed by atoms with Gasteiger partial charge in [0.15, 0.2) is 5.76 Å². The molecule has 0 saturated carbocycles. The maximum absolute atomic E-state index is 13.0. The molecule has 4 aromatic rings. The van der Waals surface area contributed by atoms with E-state index in [9.17, 15) is 36.0 Å². The first-order valence-corrected chi connectivity index (χ1v) is 13.7. The predicted molar refractivity (Wildman–Crippen MR) is 144 cm³/mol. The highest BCUT2D eigenvalue weighted by molar-refractivity contribution is 7.92. The number of carbonyl (C=O) groups is 3. The first-order chi connectivity index (χ1) is 19.9. The van der Waals surface area contributed by atoms with Crippen molar-refractivity contribution in [1.29, 1.82) is 0 Å². The van der Waals surface area contributed by atoms with Crippen LogP contribution in [0.2, 0.25) is 0 Å². The molecule has 14 heteroatoms. The van der Waals surface area contributed by atoms with Crippen LogP contribution < -0.4 is 20.9 Å². The molecule has 0 spiro atoms. The van der Waals surface area contributed by atoms with E-state index in [-0.39, 0.29) is 23.4 Å². The molecule has 10 nitrogen and oxygen atoms in total. The predicted octanol–water partition coefficient (Wildman–Crippen LogP) is 3.90. The number of hydrogen-bond donors (Lipinski definition) is 4. The molecule has 4 N–H and O–H groups in total. The average molecular weight is 601 g/mol. The summed E-state index contributed by atoms with van der Waals surface area (Å²) in [6.45, 7) is 0. The number of hydrogen-bond acceptors (Lipinski definition) is 6. The van der Waals surface area contributed by atoms with Gasteiger partial charge in [-0.2, -0.15) is 13.2 Å². The summed E-state index contributed by atoms with van der Waals surface area (Å²) in [5, 5.41) is 2.54. The molecule has 4 rings (SSSR count). The third kappa shape index (κ3) is 7.75. The van der Waals surface area contributed by atoms with E-state index in [0.29, 0.717) is 6.07 Å². The SMILES string of the molecule is O=C(NNC(=O)[C@H](Cc1ccccc1)NC(=O)c1ccco1)c1cccc(S(=O)(=O)Nc2cccc(C(F)(F)F)c2)c1. The van der Waals surface area contributed by atoms with Crippen LogP contribution in [0, 0.1) is 0 Å². The summed E-state index contributed by atoms with van der Waals surface area (Å²) >= 11 is 0. The Labute approximate surface area is 237 Å². The fourth-order valence-electron chi connectivity index (χ4n) is 3.75. The number of furan rings is 1. The summed E-state index contributed by atoms with van der Waals surface area (Å²) in [4.78, 5) is 37.8. The standard InChI is InChI=1S/C28H23F3N4O6S/c29-28(30,31)20-10-5-11-21(17-20)35-42(39,40)22-12-4-9-19(16-22)25(36)33-34-26(37)23(15-18-7-2-1-3-8-18)32-27(38)24-13-6-14-41-24/h1-14,16-17,23,35H,15H2,(H,32,38)(H,33,36)(H,34,37)/t23-/m0/s1. The number of amides is 3. The van der Waals surface area contributed by atoms with Crippen LogP contribution in [0.5, 0.6) is 0 Å². The summed E-state index contributed by atoms with van der Waals surface area (Å²) < 4.78 is 71.8. The summed E-state index contributed by atoms with van der Waals surface area (Å²) in [5.74, 6) is -2.35. The van der Waals surface area contributed by atoms with Gasteiger partial charge in [0.1, 0.15) is 6.04 Å². The summed E-state index contributed by atoms with van der Waals surface area (Å²) in [7, 11) is -4.39. The number of alkyl halides is 3. The quantitative estimate of drug-likeness (QED) is 0.214. The zero-order valence-corrected chi connectivity index (χ0v) is 22.3. The van der Waals surface area contributed by atoms with Crippen LogP contribution in [-0.2, 0) is 27.4 Å². The van der Waals surface area contributed by atoms with Gasteiger partial charge in [-0.25, -0.2) is 8.42 Å². The van der Waals surface area contributed by atoms with Gasteiger partial charge >= 0.3 is 6.18 Å². The van der Waals surface area contributed by atoms with Gasteiger partial charge in [-0.15, -0.1) is 0 Å². The molecular weight excluding hydrogens is 577 g/mol. The van der Waals surface area contributed by atoms with Gasteiger partial charge in [0.25, 0.3) is 27.7 Å². The lowest BCUT2D eigenvalue weighted by atomic mass is 10.1. The van der Waals surface area contributed by atoms with E-state index in [0.717, 1.165) is 35.9 Å². The molecule has 0 saturated heterocycles. The molecular formula is C28H23F3N4O6S. The van der Waals surface area contributed by atoms with Crippen molar-refractivity contribution >= 4 is 33.4 Å². The first-order valence-electron chi connectivity index (χ1n) is 12.2. The van der Waals surface area contributed by atoms with E-state index in [1.807, 2.05) is 0 Å². The number of benzene rings is 3. The molecule has 3 aromatic carbocycles. The van der Waals surface area contributed by atoms with Gasteiger partial charge in [-0.1, -0.05) is 42.5 Å². The monoisotopic (exact) mass is 600 g/mol. The molecule has 0 aliphatic carbocycles. The summed E-state index contributed by atoms with van der Waals surface area (Å²) in [5.41, 5.74) is 3.56. The molecule has 1 aromatic heterocycles. The van der Waals surface area contributed by atoms with E-state index < -0.39 is 50.4 Å². The van der Waals surface area contributed by atoms with Crippen LogP contribution in [0.4, 0.5) is 18.9 Å². The lowest BCUT2D eigenvalue weighted by Gasteiger charge is -2.18. The second-order valence-electron chi connectivity index (χ2n) is 8.85. The average Bonchev–Trinajstić information content (AvgIpc) is 3.51. The van der Waals surface area contributed by atoms with E-state index in [4.69, 9.17) is 4.42 Å². The second kappa shape index (κ2) is 12.6. The zero-order chi connectivity index (χ0) is 30.3. The molecule has 3 amide bonds. The Bertz CT molecular complexity index is 1680. The number of hydrazine groups is 1. The van der Waals surface area contributed by atoms with Crippen molar-refractivity contribution in [2.45, 2.75) is 23.5 Å². The fourth-order valence-corrected chi connectivity index (χ4v) is 4.85. The number of carbonyl (C=O) groups excluding carboxylic acids is 3. The van der Waals surface area contributed by atoms with Crippen molar-refractivity contribution < 1.29 is 40.4 Å². The Morgan fingerprint density at radius 1 is 0.810 bits per heavy atom. The van der Waals surface area contributed by atoms with Gasteiger partial charge in [-0.05, 0) is 54.1 Å². The van der Waals surface area contributed by atoms with Gasteiger partial charge in [0, 0.05) is 17.7 Å². The van der Waals surface area contributed by atoms with Gasteiger partial charge in [0.05, 0.1) is 16.7 Å². The maximum atomic E-state index is 13.0. The van der Waals surface area contributed by atoms with E-state index in [1.165, 1.54) is 30.5 Å². The van der Waals surface area contributed by atoms with Gasteiger partial charge < -0.3 is 9.73 Å². The highest BCUT2D eigenvalue weighted by atomic mass is 32.2.